The Labute approximate surface area is 119 Å². The maximum absolute atomic E-state index is 6.03. The van der Waals surface area contributed by atoms with E-state index in [0.717, 1.165) is 28.3 Å². The van der Waals surface area contributed by atoms with Gasteiger partial charge in [-0.2, -0.15) is 0 Å². The minimum absolute atomic E-state index is 0.545. The quantitative estimate of drug-likeness (QED) is 0.878. The molecule has 2 unspecified atom stereocenters. The Morgan fingerprint density at radius 1 is 1.32 bits per heavy atom. The maximum atomic E-state index is 6.03. The number of hydrogen-bond acceptors (Lipinski definition) is 2. The zero-order valence-corrected chi connectivity index (χ0v) is 12.0. The van der Waals surface area contributed by atoms with Crippen LogP contribution in [0.4, 0.5) is 0 Å². The van der Waals surface area contributed by atoms with Gasteiger partial charge in [-0.15, -0.1) is 0 Å². The fraction of sp³-hybridized carbons (Fsp3) is 0.500. The smallest absolute Gasteiger partial charge is 0.134 e. The van der Waals surface area contributed by atoms with Crippen molar-refractivity contribution in [2.24, 2.45) is 0 Å². The Morgan fingerprint density at radius 3 is 3.05 bits per heavy atom. The van der Waals surface area contributed by atoms with Gasteiger partial charge < -0.3 is 9.73 Å². The van der Waals surface area contributed by atoms with E-state index >= 15 is 0 Å². The summed E-state index contributed by atoms with van der Waals surface area (Å²) in [5, 5.41) is 5.46. The van der Waals surface area contributed by atoms with Crippen molar-refractivity contribution < 1.29 is 4.42 Å². The zero-order valence-electron chi connectivity index (χ0n) is 11.3. The predicted octanol–water partition coefficient (Wildman–Crippen LogP) is 4.72. The van der Waals surface area contributed by atoms with E-state index in [4.69, 9.17) is 16.0 Å². The minimum Gasteiger partial charge on any atom is -0.461 e. The van der Waals surface area contributed by atoms with Crippen molar-refractivity contribution in [3.05, 3.63) is 35.0 Å². The molecule has 3 heteroatoms. The molecule has 0 bridgehead atoms. The molecule has 1 aromatic heterocycles. The van der Waals surface area contributed by atoms with Crippen LogP contribution < -0.4 is 5.32 Å². The van der Waals surface area contributed by atoms with Crippen LogP contribution in [-0.4, -0.2) is 12.6 Å². The van der Waals surface area contributed by atoms with Crippen LogP contribution in [0.5, 0.6) is 0 Å². The number of fused-ring (bicyclic) bond motifs is 1. The van der Waals surface area contributed by atoms with Crippen LogP contribution in [0.25, 0.3) is 11.0 Å². The number of hydrogen-bond donors (Lipinski definition) is 1. The molecule has 0 saturated heterocycles. The van der Waals surface area contributed by atoms with Crippen molar-refractivity contribution in [1.82, 2.24) is 5.32 Å². The van der Waals surface area contributed by atoms with Gasteiger partial charge in [0.1, 0.15) is 11.3 Å². The lowest BCUT2D eigenvalue weighted by atomic mass is 9.84. The highest BCUT2D eigenvalue weighted by Crippen LogP contribution is 2.36. The third-order valence-electron chi connectivity index (χ3n) is 4.07. The molecule has 1 aromatic carbocycles. The van der Waals surface area contributed by atoms with Gasteiger partial charge in [-0.3, -0.25) is 0 Å². The van der Waals surface area contributed by atoms with Crippen LogP contribution >= 0.6 is 11.6 Å². The fourth-order valence-electron chi connectivity index (χ4n) is 3.16. The molecule has 1 aliphatic rings. The van der Waals surface area contributed by atoms with E-state index in [1.54, 1.807) is 0 Å². The predicted molar refractivity (Wildman–Crippen MR) is 79.9 cm³/mol. The third kappa shape index (κ3) is 2.80. The van der Waals surface area contributed by atoms with Gasteiger partial charge in [-0.25, -0.2) is 0 Å². The number of benzene rings is 1. The van der Waals surface area contributed by atoms with Crippen LogP contribution in [0.1, 0.15) is 44.3 Å². The van der Waals surface area contributed by atoms with Crippen LogP contribution in [0, 0.1) is 0 Å². The van der Waals surface area contributed by atoms with Gasteiger partial charge in [0.25, 0.3) is 0 Å². The van der Waals surface area contributed by atoms with Crippen molar-refractivity contribution in [3.8, 4) is 0 Å². The molecule has 2 atom stereocenters. The summed E-state index contributed by atoms with van der Waals surface area (Å²) in [5.74, 6) is 1.67. The molecular formula is C16H20ClNO. The zero-order chi connectivity index (χ0) is 13.2. The molecule has 0 radical (unpaired) electrons. The van der Waals surface area contributed by atoms with Gasteiger partial charge in [0.15, 0.2) is 0 Å². The summed E-state index contributed by atoms with van der Waals surface area (Å²) in [6, 6.07) is 8.64. The van der Waals surface area contributed by atoms with E-state index in [1.165, 1.54) is 25.7 Å². The van der Waals surface area contributed by atoms with Gasteiger partial charge in [-0.05, 0) is 50.1 Å². The first-order chi connectivity index (χ1) is 9.26. The summed E-state index contributed by atoms with van der Waals surface area (Å²) in [4.78, 5) is 0. The highest BCUT2D eigenvalue weighted by Gasteiger charge is 2.25. The van der Waals surface area contributed by atoms with E-state index in [0.29, 0.717) is 12.0 Å². The van der Waals surface area contributed by atoms with Crippen LogP contribution in [0.2, 0.25) is 5.02 Å². The Hall–Kier alpha value is -0.990. The molecule has 1 saturated carbocycles. The van der Waals surface area contributed by atoms with E-state index in [9.17, 15) is 0 Å². The van der Waals surface area contributed by atoms with Crippen molar-refractivity contribution in [3.63, 3.8) is 0 Å². The standard InChI is InChI=1S/C16H20ClNO/c1-2-18-14-5-3-4-11(9-14)16-10-12-8-13(17)6-7-15(12)19-16/h6-8,10-11,14,18H,2-5,9H2,1H3. The Morgan fingerprint density at radius 2 is 2.21 bits per heavy atom. The molecule has 1 heterocycles. The third-order valence-corrected chi connectivity index (χ3v) is 4.30. The van der Waals surface area contributed by atoms with E-state index in [2.05, 4.69) is 18.3 Å². The van der Waals surface area contributed by atoms with Crippen LogP contribution in [0.3, 0.4) is 0 Å². The van der Waals surface area contributed by atoms with E-state index in [-0.39, 0.29) is 0 Å². The Kier molecular flexibility index (Phi) is 3.81. The lowest BCUT2D eigenvalue weighted by molar-refractivity contribution is 0.317. The summed E-state index contributed by atoms with van der Waals surface area (Å²) in [6.07, 6.45) is 4.98. The number of rotatable bonds is 3. The van der Waals surface area contributed by atoms with Crippen molar-refractivity contribution in [2.75, 3.05) is 6.54 Å². The van der Waals surface area contributed by atoms with Gasteiger partial charge in [-0.1, -0.05) is 24.9 Å². The molecule has 3 rings (SSSR count). The first-order valence-corrected chi connectivity index (χ1v) is 7.56. The second-order valence-electron chi connectivity index (χ2n) is 5.45. The number of furan rings is 1. The Balaban J connectivity index is 1.83. The SMILES string of the molecule is CCNC1CCCC(c2cc3cc(Cl)ccc3o2)C1. The summed E-state index contributed by atoms with van der Waals surface area (Å²) in [5.41, 5.74) is 0.949. The van der Waals surface area contributed by atoms with E-state index in [1.807, 2.05) is 18.2 Å². The lowest BCUT2D eigenvalue weighted by Gasteiger charge is -2.28. The first kappa shape index (κ1) is 13.0. The monoisotopic (exact) mass is 277 g/mol. The second kappa shape index (κ2) is 5.56. The maximum Gasteiger partial charge on any atom is 0.134 e. The molecule has 19 heavy (non-hydrogen) atoms. The number of halogens is 1. The van der Waals surface area contributed by atoms with Crippen molar-refractivity contribution in [2.45, 2.75) is 44.6 Å². The highest BCUT2D eigenvalue weighted by molar-refractivity contribution is 6.31. The molecule has 1 fully saturated rings. The lowest BCUT2D eigenvalue weighted by Crippen LogP contribution is -2.33. The molecule has 2 aromatic rings. The summed E-state index contributed by atoms with van der Waals surface area (Å²) in [6.45, 7) is 3.22. The summed E-state index contributed by atoms with van der Waals surface area (Å²) >= 11 is 6.03. The highest BCUT2D eigenvalue weighted by atomic mass is 35.5. The van der Waals surface area contributed by atoms with Gasteiger partial charge in [0, 0.05) is 22.4 Å². The normalized spacial score (nSPS) is 23.9. The van der Waals surface area contributed by atoms with Crippen LogP contribution in [-0.2, 0) is 0 Å². The topological polar surface area (TPSA) is 25.2 Å². The minimum atomic E-state index is 0.545. The molecule has 0 amide bonds. The molecule has 0 aliphatic heterocycles. The first-order valence-electron chi connectivity index (χ1n) is 7.18. The van der Waals surface area contributed by atoms with Crippen molar-refractivity contribution >= 4 is 22.6 Å². The average Bonchev–Trinajstić information content (AvgIpc) is 2.82. The van der Waals surface area contributed by atoms with Gasteiger partial charge in [0.05, 0.1) is 0 Å². The molecule has 0 spiro atoms. The molecule has 1 aliphatic carbocycles. The van der Waals surface area contributed by atoms with Gasteiger partial charge >= 0.3 is 0 Å². The second-order valence-corrected chi connectivity index (χ2v) is 5.89. The molecule has 1 N–H and O–H groups in total. The molecule has 2 nitrogen and oxygen atoms in total. The summed E-state index contributed by atoms with van der Waals surface area (Å²) in [7, 11) is 0. The van der Waals surface area contributed by atoms with Crippen molar-refractivity contribution in [1.29, 1.82) is 0 Å². The fourth-order valence-corrected chi connectivity index (χ4v) is 3.34. The summed E-state index contributed by atoms with van der Waals surface area (Å²) < 4.78 is 6.00. The van der Waals surface area contributed by atoms with E-state index < -0.39 is 0 Å². The van der Waals surface area contributed by atoms with Crippen LogP contribution in [0.15, 0.2) is 28.7 Å². The number of nitrogens with one attached hydrogen (secondary N) is 1. The van der Waals surface area contributed by atoms with Gasteiger partial charge in [0.2, 0.25) is 0 Å². The molecule has 102 valence electrons. The average molecular weight is 278 g/mol. The Bertz CT molecular complexity index is 561. The largest absolute Gasteiger partial charge is 0.461 e. The molecular weight excluding hydrogens is 258 g/mol.